The lowest BCUT2D eigenvalue weighted by Crippen LogP contribution is -2.25. The molecule has 1 fully saturated rings. The van der Waals surface area contributed by atoms with Gasteiger partial charge >= 0.3 is 6.36 Å². The minimum atomic E-state index is -4.80. The smallest absolute Gasteiger partial charge is 0.405 e. The zero-order valence-electron chi connectivity index (χ0n) is 14.3. The van der Waals surface area contributed by atoms with Crippen molar-refractivity contribution in [3.8, 4) is 5.75 Å². The molecule has 8 heteroatoms. The number of halogens is 3. The Balaban J connectivity index is 1.64. The minimum Gasteiger partial charge on any atom is -0.405 e. The fourth-order valence-electron chi connectivity index (χ4n) is 2.87. The molecule has 0 saturated carbocycles. The fourth-order valence-corrected chi connectivity index (χ4v) is 2.87. The number of ether oxygens (including phenoxy) is 1. The summed E-state index contributed by atoms with van der Waals surface area (Å²) in [6.07, 6.45) is -3.48. The normalized spacial score (nSPS) is 14.3. The first-order chi connectivity index (χ1) is 12.8. The number of para-hydroxylation sites is 1. The molecule has 1 saturated heterocycles. The molecule has 0 aliphatic carbocycles. The number of nitrogens with one attached hydrogen (secondary N) is 1. The highest BCUT2D eigenvalue weighted by Gasteiger charge is 2.32. The largest absolute Gasteiger partial charge is 0.573 e. The Morgan fingerprint density at radius 1 is 1.11 bits per heavy atom. The van der Waals surface area contributed by atoms with Crippen LogP contribution in [-0.2, 0) is 11.3 Å². The number of hydrogen-bond acceptors (Lipinski definition) is 3. The third-order valence-electron chi connectivity index (χ3n) is 4.15. The number of carbonyl (C=O) groups is 2. The van der Waals surface area contributed by atoms with E-state index in [1.165, 1.54) is 18.2 Å². The van der Waals surface area contributed by atoms with Gasteiger partial charge in [-0.05, 0) is 36.8 Å². The number of carbonyl (C=O) groups excluding carboxylic acids is 2. The van der Waals surface area contributed by atoms with Crippen molar-refractivity contribution in [3.63, 3.8) is 0 Å². The Kier molecular flexibility index (Phi) is 5.34. The molecule has 0 bridgehead atoms. The van der Waals surface area contributed by atoms with Gasteiger partial charge in [0.15, 0.2) is 0 Å². The molecular weight excluding hydrogens is 361 g/mol. The second-order valence-electron chi connectivity index (χ2n) is 6.03. The average molecular weight is 378 g/mol. The lowest BCUT2D eigenvalue weighted by Gasteiger charge is -2.16. The highest BCUT2D eigenvalue weighted by molar-refractivity contribution is 5.97. The van der Waals surface area contributed by atoms with E-state index >= 15 is 0 Å². The number of hydrogen-bond donors (Lipinski definition) is 1. The van der Waals surface area contributed by atoms with Crippen LogP contribution in [0.3, 0.4) is 0 Å². The summed E-state index contributed by atoms with van der Waals surface area (Å²) in [4.78, 5) is 25.7. The van der Waals surface area contributed by atoms with Crippen LogP contribution >= 0.6 is 0 Å². The molecule has 3 rings (SSSR count). The first kappa shape index (κ1) is 18.8. The fraction of sp³-hybridized carbons (Fsp3) is 0.263. The summed E-state index contributed by atoms with van der Waals surface area (Å²) < 4.78 is 41.3. The van der Waals surface area contributed by atoms with E-state index in [0.29, 0.717) is 18.5 Å². The van der Waals surface area contributed by atoms with Crippen LogP contribution in [0.5, 0.6) is 5.75 Å². The summed E-state index contributed by atoms with van der Waals surface area (Å²) in [5.74, 6) is -0.738. The van der Waals surface area contributed by atoms with E-state index in [9.17, 15) is 22.8 Å². The van der Waals surface area contributed by atoms with Crippen LogP contribution in [0, 0.1) is 0 Å². The van der Waals surface area contributed by atoms with Crippen LogP contribution in [-0.4, -0.2) is 24.7 Å². The maximum Gasteiger partial charge on any atom is 0.573 e. The Morgan fingerprint density at radius 2 is 1.81 bits per heavy atom. The number of alkyl halides is 3. The van der Waals surface area contributed by atoms with Crippen molar-refractivity contribution in [2.75, 3.05) is 11.4 Å². The number of amides is 2. The molecular formula is C19H17F3N2O3. The van der Waals surface area contributed by atoms with E-state index in [1.807, 2.05) is 0 Å². The zero-order chi connectivity index (χ0) is 19.4. The molecule has 142 valence electrons. The second-order valence-corrected chi connectivity index (χ2v) is 6.03. The second kappa shape index (κ2) is 7.69. The van der Waals surface area contributed by atoms with Gasteiger partial charge in [0.05, 0.1) is 0 Å². The van der Waals surface area contributed by atoms with Gasteiger partial charge in [-0.25, -0.2) is 0 Å². The van der Waals surface area contributed by atoms with E-state index in [4.69, 9.17) is 0 Å². The molecule has 0 radical (unpaired) electrons. The highest BCUT2D eigenvalue weighted by atomic mass is 19.4. The summed E-state index contributed by atoms with van der Waals surface area (Å²) in [6, 6.07) is 12.1. The molecule has 0 aromatic heterocycles. The van der Waals surface area contributed by atoms with Crippen LogP contribution in [0.15, 0.2) is 48.5 Å². The maximum atomic E-state index is 12.4. The highest BCUT2D eigenvalue weighted by Crippen LogP contribution is 2.26. The van der Waals surface area contributed by atoms with Crippen molar-refractivity contribution in [2.24, 2.45) is 0 Å². The van der Waals surface area contributed by atoms with E-state index in [1.54, 1.807) is 35.2 Å². The molecule has 0 spiro atoms. The Labute approximate surface area is 153 Å². The van der Waals surface area contributed by atoms with Gasteiger partial charge in [0.1, 0.15) is 5.75 Å². The van der Waals surface area contributed by atoms with Crippen molar-refractivity contribution in [1.29, 1.82) is 0 Å². The van der Waals surface area contributed by atoms with E-state index < -0.39 is 12.3 Å². The van der Waals surface area contributed by atoms with Gasteiger partial charge in [0, 0.05) is 36.3 Å². The monoisotopic (exact) mass is 378 g/mol. The molecule has 2 amide bonds. The number of anilines is 1. The number of nitrogens with zero attached hydrogens (tertiary/aromatic N) is 1. The lowest BCUT2D eigenvalue weighted by molar-refractivity contribution is -0.274. The molecule has 1 heterocycles. The standard InChI is InChI=1S/C19H17F3N2O3/c20-19(21,22)27-16-5-2-1-4-14(16)12-23-18(26)13-7-9-15(10-8-13)24-11-3-6-17(24)25/h1-2,4-5,7-10H,3,6,11-12H2,(H,23,26). The molecule has 0 unspecified atom stereocenters. The molecule has 2 aromatic rings. The lowest BCUT2D eigenvalue weighted by atomic mass is 10.1. The maximum absolute atomic E-state index is 12.4. The number of benzene rings is 2. The molecule has 5 nitrogen and oxygen atoms in total. The summed E-state index contributed by atoms with van der Waals surface area (Å²) in [6.45, 7) is 0.539. The van der Waals surface area contributed by atoms with Gasteiger partial charge in [-0.15, -0.1) is 13.2 Å². The zero-order valence-corrected chi connectivity index (χ0v) is 14.3. The van der Waals surface area contributed by atoms with E-state index in [-0.39, 0.29) is 23.8 Å². The van der Waals surface area contributed by atoms with Crippen LogP contribution in [0.25, 0.3) is 0 Å². The molecule has 1 aliphatic heterocycles. The third kappa shape index (κ3) is 4.78. The molecule has 2 aromatic carbocycles. The van der Waals surface area contributed by atoms with E-state index in [2.05, 4.69) is 10.1 Å². The molecule has 1 N–H and O–H groups in total. The van der Waals surface area contributed by atoms with Gasteiger partial charge in [-0.3, -0.25) is 9.59 Å². The van der Waals surface area contributed by atoms with Crippen molar-refractivity contribution in [2.45, 2.75) is 25.7 Å². The SMILES string of the molecule is O=C(NCc1ccccc1OC(F)(F)F)c1ccc(N2CCCC2=O)cc1. The van der Waals surface area contributed by atoms with Gasteiger partial charge in [0.2, 0.25) is 5.91 Å². The first-order valence-corrected chi connectivity index (χ1v) is 8.36. The van der Waals surface area contributed by atoms with Gasteiger partial charge in [0.25, 0.3) is 5.91 Å². The summed E-state index contributed by atoms with van der Waals surface area (Å²) >= 11 is 0. The van der Waals surface area contributed by atoms with Crippen molar-refractivity contribution in [3.05, 3.63) is 59.7 Å². The van der Waals surface area contributed by atoms with Gasteiger partial charge < -0.3 is 15.0 Å². The Morgan fingerprint density at radius 3 is 2.44 bits per heavy atom. The molecule has 27 heavy (non-hydrogen) atoms. The summed E-state index contributed by atoms with van der Waals surface area (Å²) in [5.41, 5.74) is 1.28. The van der Waals surface area contributed by atoms with Crippen molar-refractivity contribution < 1.29 is 27.5 Å². The first-order valence-electron chi connectivity index (χ1n) is 8.36. The van der Waals surface area contributed by atoms with Gasteiger partial charge in [-0.1, -0.05) is 18.2 Å². The minimum absolute atomic E-state index is 0.0495. The van der Waals surface area contributed by atoms with Crippen LogP contribution in [0.1, 0.15) is 28.8 Å². The third-order valence-corrected chi connectivity index (χ3v) is 4.15. The summed E-state index contributed by atoms with van der Waals surface area (Å²) in [7, 11) is 0. The van der Waals surface area contributed by atoms with Gasteiger partial charge in [-0.2, -0.15) is 0 Å². The quantitative estimate of drug-likeness (QED) is 0.864. The van der Waals surface area contributed by atoms with Crippen molar-refractivity contribution in [1.82, 2.24) is 5.32 Å². The predicted molar refractivity (Wildman–Crippen MR) is 92.3 cm³/mol. The molecule has 0 atom stereocenters. The Bertz CT molecular complexity index is 835. The van der Waals surface area contributed by atoms with Crippen LogP contribution in [0.2, 0.25) is 0 Å². The van der Waals surface area contributed by atoms with Crippen LogP contribution in [0.4, 0.5) is 18.9 Å². The topological polar surface area (TPSA) is 58.6 Å². The van der Waals surface area contributed by atoms with Crippen LogP contribution < -0.4 is 15.0 Å². The average Bonchev–Trinajstić information content (AvgIpc) is 3.05. The predicted octanol–water partition coefficient (Wildman–Crippen LogP) is 3.64. The number of rotatable bonds is 5. The Hall–Kier alpha value is -3.03. The van der Waals surface area contributed by atoms with Crippen molar-refractivity contribution >= 4 is 17.5 Å². The molecule has 1 aliphatic rings. The summed E-state index contributed by atoms with van der Waals surface area (Å²) in [5, 5.41) is 2.57. The van der Waals surface area contributed by atoms with E-state index in [0.717, 1.165) is 12.1 Å².